The number of carbonyl (C=O) groups is 1. The van der Waals surface area contributed by atoms with Crippen molar-refractivity contribution in [3.63, 3.8) is 0 Å². The van der Waals surface area contributed by atoms with Gasteiger partial charge in [0.05, 0.1) is 41.7 Å². The number of hydrogen-bond acceptors (Lipinski definition) is 7. The molecule has 3 fully saturated rings. The van der Waals surface area contributed by atoms with E-state index in [1.165, 1.54) is 32.8 Å². The number of nitrogens with zero attached hydrogens (tertiary/aromatic N) is 3. The summed E-state index contributed by atoms with van der Waals surface area (Å²) in [5.74, 6) is 1.54. The summed E-state index contributed by atoms with van der Waals surface area (Å²) in [6.07, 6.45) is 14.1. The number of nitrogens with one attached hydrogen (secondary N) is 1. The van der Waals surface area contributed by atoms with E-state index in [1.807, 2.05) is 17.0 Å². The van der Waals surface area contributed by atoms with Crippen molar-refractivity contribution in [2.24, 2.45) is 17.8 Å². The number of rotatable bonds is 8. The van der Waals surface area contributed by atoms with Crippen molar-refractivity contribution in [3.8, 4) is 0 Å². The lowest BCUT2D eigenvalue weighted by molar-refractivity contribution is -0.136. The Bertz CT molecular complexity index is 1410. The summed E-state index contributed by atoms with van der Waals surface area (Å²) >= 11 is 0. The van der Waals surface area contributed by atoms with Crippen LogP contribution in [0.2, 0.25) is 0 Å². The third kappa shape index (κ3) is 5.71. The number of hydrogen-bond donors (Lipinski definition) is 1. The first-order valence-corrected chi connectivity index (χ1v) is 16.1. The quantitative estimate of drug-likeness (QED) is 0.507. The zero-order valence-corrected chi connectivity index (χ0v) is 24.1. The van der Waals surface area contributed by atoms with Crippen LogP contribution in [0.1, 0.15) is 44.9 Å². The number of piperazine rings is 1. The molecule has 0 aromatic carbocycles. The van der Waals surface area contributed by atoms with E-state index in [4.69, 9.17) is 9.47 Å². The normalized spacial score (nSPS) is 27.7. The maximum atomic E-state index is 13.4. The first-order chi connectivity index (χ1) is 19.4. The van der Waals surface area contributed by atoms with E-state index in [0.717, 1.165) is 37.4 Å². The average molecular weight is 569 g/mol. The Labute approximate surface area is 236 Å². The lowest BCUT2D eigenvalue weighted by atomic mass is 9.79. The predicted octanol–water partition coefficient (Wildman–Crippen LogP) is 1.47. The molecule has 1 aromatic rings. The van der Waals surface area contributed by atoms with Gasteiger partial charge in [0.1, 0.15) is 5.76 Å². The number of fused-ring (bicyclic) bond motifs is 1. The summed E-state index contributed by atoms with van der Waals surface area (Å²) in [7, 11) is -2.32. The summed E-state index contributed by atoms with van der Waals surface area (Å²) in [6.45, 7) is 5.07. The number of pyridine rings is 1. The maximum absolute atomic E-state index is 13.4. The Morgan fingerprint density at radius 2 is 2.05 bits per heavy atom. The first-order valence-electron chi connectivity index (χ1n) is 14.7. The highest BCUT2D eigenvalue weighted by atomic mass is 32.2. The van der Waals surface area contributed by atoms with Gasteiger partial charge in [-0.25, -0.2) is 8.42 Å². The molecule has 1 saturated carbocycles. The van der Waals surface area contributed by atoms with E-state index >= 15 is 0 Å². The second-order valence-corrected chi connectivity index (χ2v) is 13.4. The fraction of sp³-hybridized carbons (Fsp3) is 0.600. The summed E-state index contributed by atoms with van der Waals surface area (Å²) in [5.41, 5.74) is 0.370. The molecule has 10 heteroatoms. The van der Waals surface area contributed by atoms with Crippen molar-refractivity contribution in [3.05, 3.63) is 52.5 Å². The Morgan fingerprint density at radius 3 is 2.80 bits per heavy atom. The second-order valence-electron chi connectivity index (χ2n) is 11.7. The van der Waals surface area contributed by atoms with E-state index in [-0.39, 0.29) is 16.7 Å². The molecule has 1 N–H and O–H groups in total. The number of sulfonamides is 1. The molecular formula is C30H40N4O5S. The van der Waals surface area contributed by atoms with Gasteiger partial charge in [0.15, 0.2) is 0 Å². The van der Waals surface area contributed by atoms with Gasteiger partial charge in [-0.3, -0.25) is 19.4 Å². The molecule has 3 heterocycles. The zero-order chi connectivity index (χ0) is 27.7. The van der Waals surface area contributed by atoms with Crippen LogP contribution < -0.4 is 15.3 Å². The van der Waals surface area contributed by atoms with Crippen LogP contribution in [0, 0.1) is 17.8 Å². The molecular weight excluding hydrogens is 528 g/mol. The minimum absolute atomic E-state index is 0.0666. The number of amides is 1. The van der Waals surface area contributed by atoms with Crippen molar-refractivity contribution in [1.29, 1.82) is 0 Å². The fourth-order valence-corrected chi connectivity index (χ4v) is 8.05. The van der Waals surface area contributed by atoms with Crippen LogP contribution in [0.25, 0.3) is 11.0 Å². The molecule has 40 heavy (non-hydrogen) atoms. The van der Waals surface area contributed by atoms with Gasteiger partial charge in [-0.1, -0.05) is 24.6 Å². The van der Waals surface area contributed by atoms with Crippen molar-refractivity contribution in [2.45, 2.75) is 51.0 Å². The highest BCUT2D eigenvalue weighted by Crippen LogP contribution is 2.37. The number of allylic oxidation sites excluding steroid dienone is 2. The van der Waals surface area contributed by atoms with Crippen LogP contribution in [-0.2, 0) is 24.3 Å². The smallest absolute Gasteiger partial charge is 0.260 e. The van der Waals surface area contributed by atoms with E-state index in [9.17, 15) is 13.2 Å². The van der Waals surface area contributed by atoms with Gasteiger partial charge in [0.25, 0.3) is 10.0 Å². The van der Waals surface area contributed by atoms with Crippen molar-refractivity contribution < 1.29 is 22.7 Å². The predicted molar refractivity (Wildman–Crippen MR) is 152 cm³/mol. The fourth-order valence-electron chi connectivity index (χ4n) is 6.64. The average Bonchev–Trinajstić information content (AvgIpc) is 3.39. The molecule has 9 nitrogen and oxygen atoms in total. The highest BCUT2D eigenvalue weighted by Gasteiger charge is 2.36. The van der Waals surface area contributed by atoms with E-state index in [1.54, 1.807) is 24.4 Å². The first kappa shape index (κ1) is 27.5. The van der Waals surface area contributed by atoms with Crippen molar-refractivity contribution in [1.82, 2.24) is 19.5 Å². The third-order valence-electron chi connectivity index (χ3n) is 9.16. The van der Waals surface area contributed by atoms with Gasteiger partial charge in [0.2, 0.25) is 5.91 Å². The Kier molecular flexibility index (Phi) is 8.01. The van der Waals surface area contributed by atoms with Gasteiger partial charge >= 0.3 is 0 Å². The maximum Gasteiger partial charge on any atom is 0.260 e. The number of carbonyl (C=O) groups excluding carboxylic acids is 1. The number of ether oxygens (including phenoxy) is 2. The number of methoxy groups -OCH3 is 1. The molecule has 3 atom stereocenters. The lowest BCUT2D eigenvalue weighted by Gasteiger charge is -2.37. The van der Waals surface area contributed by atoms with Crippen LogP contribution in [0.3, 0.4) is 0 Å². The van der Waals surface area contributed by atoms with Crippen LogP contribution >= 0.6 is 0 Å². The molecule has 6 rings (SSSR count). The van der Waals surface area contributed by atoms with Gasteiger partial charge in [0, 0.05) is 45.3 Å². The van der Waals surface area contributed by atoms with Gasteiger partial charge in [-0.05, 0) is 61.3 Å². The minimum Gasteiger partial charge on any atom is -0.499 e. The molecule has 5 aliphatic rings. The SMILES string of the molecule is COC1=C(NS(=O)(=O)C2=c3ncccc3=CCC2)C=CC(C(=O)N2CCN(CC3COC(C4CCC4)C3)CC2)C1. The van der Waals surface area contributed by atoms with E-state index < -0.39 is 10.0 Å². The molecule has 1 amide bonds. The Balaban J connectivity index is 1.04. The molecule has 1 aromatic heterocycles. The number of aromatic nitrogens is 1. The van der Waals surface area contributed by atoms with E-state index in [2.05, 4.69) is 14.6 Å². The van der Waals surface area contributed by atoms with Crippen molar-refractivity contribution >= 4 is 26.9 Å². The second kappa shape index (κ2) is 11.7. The van der Waals surface area contributed by atoms with Crippen LogP contribution in [0.4, 0.5) is 0 Å². The highest BCUT2D eigenvalue weighted by molar-refractivity contribution is 7.98. The van der Waals surface area contributed by atoms with E-state index in [0.29, 0.717) is 61.2 Å². The molecule has 0 radical (unpaired) electrons. The molecule has 216 valence electrons. The van der Waals surface area contributed by atoms with Gasteiger partial charge in [-0.15, -0.1) is 0 Å². The van der Waals surface area contributed by atoms with Crippen molar-refractivity contribution in [2.75, 3.05) is 46.4 Å². The monoisotopic (exact) mass is 568 g/mol. The Hall–Kier alpha value is -2.69. The van der Waals surface area contributed by atoms with Crippen LogP contribution in [-0.4, -0.2) is 81.7 Å². The summed E-state index contributed by atoms with van der Waals surface area (Å²) in [6, 6.07) is 3.68. The molecule has 2 saturated heterocycles. The zero-order valence-electron chi connectivity index (χ0n) is 23.3. The summed E-state index contributed by atoms with van der Waals surface area (Å²) < 4.78 is 41.1. The van der Waals surface area contributed by atoms with Gasteiger partial charge < -0.3 is 14.4 Å². The largest absolute Gasteiger partial charge is 0.499 e. The van der Waals surface area contributed by atoms with Crippen LogP contribution in [0.15, 0.2) is 41.9 Å². The molecule has 0 spiro atoms. The van der Waals surface area contributed by atoms with Crippen LogP contribution in [0.5, 0.6) is 0 Å². The standard InChI is InChI=1S/C30H40N4O5S/c1-38-27-18-24(10-11-25(27)32-40(36,37)28-9-3-7-23-8-4-12-31-29(23)28)30(35)34-15-13-33(14-16-34)19-21-17-26(39-20-21)22-5-2-6-22/h4,7-8,10-12,21-22,24,26,32H,2-3,5-6,9,13-20H2,1H3. The third-order valence-corrected chi connectivity index (χ3v) is 10.7. The minimum atomic E-state index is -3.84. The topological polar surface area (TPSA) is 101 Å². The summed E-state index contributed by atoms with van der Waals surface area (Å²) in [5, 5.41) is 1.32. The summed E-state index contributed by atoms with van der Waals surface area (Å²) in [4.78, 5) is 22.4. The molecule has 3 unspecified atom stereocenters. The molecule has 3 aliphatic carbocycles. The molecule has 2 aliphatic heterocycles. The molecule has 0 bridgehead atoms. The Morgan fingerprint density at radius 1 is 1.23 bits per heavy atom. The lowest BCUT2D eigenvalue weighted by Crippen LogP contribution is -2.51. The van der Waals surface area contributed by atoms with Gasteiger partial charge in [-0.2, -0.15) is 0 Å².